The molecule has 1 aromatic heterocycles. The standard InChI is InChI=1S/C14H16N2S/c15-11-4-1-2-5-13(11)16-12-6-3-7-14-10(12)8-9-17-14/h1-2,4-5,8-9,12,16H,3,6-7,15H2. The van der Waals surface area contributed by atoms with Gasteiger partial charge in [0.05, 0.1) is 17.4 Å². The molecule has 1 aromatic carbocycles. The van der Waals surface area contributed by atoms with Gasteiger partial charge in [0.1, 0.15) is 0 Å². The zero-order valence-electron chi connectivity index (χ0n) is 9.65. The Morgan fingerprint density at radius 2 is 2.12 bits per heavy atom. The van der Waals surface area contributed by atoms with Crippen molar-refractivity contribution in [3.8, 4) is 0 Å². The summed E-state index contributed by atoms with van der Waals surface area (Å²) >= 11 is 1.87. The van der Waals surface area contributed by atoms with Gasteiger partial charge in [0, 0.05) is 4.88 Å². The monoisotopic (exact) mass is 244 g/mol. The fraction of sp³-hybridized carbons (Fsp3) is 0.286. The van der Waals surface area contributed by atoms with Crippen LogP contribution in [0.3, 0.4) is 0 Å². The van der Waals surface area contributed by atoms with E-state index >= 15 is 0 Å². The Balaban J connectivity index is 1.86. The van der Waals surface area contributed by atoms with Gasteiger partial charge < -0.3 is 11.1 Å². The number of para-hydroxylation sites is 2. The lowest BCUT2D eigenvalue weighted by atomic mass is 9.94. The lowest BCUT2D eigenvalue weighted by Gasteiger charge is -2.25. The highest BCUT2D eigenvalue weighted by atomic mass is 32.1. The number of anilines is 2. The molecule has 3 rings (SSSR count). The summed E-state index contributed by atoms with van der Waals surface area (Å²) in [4.78, 5) is 1.53. The number of thiophene rings is 1. The first-order chi connectivity index (χ1) is 8.34. The average molecular weight is 244 g/mol. The fourth-order valence-corrected chi connectivity index (χ4v) is 3.44. The van der Waals surface area contributed by atoms with Gasteiger partial charge in [-0.05, 0) is 48.4 Å². The molecule has 0 saturated heterocycles. The van der Waals surface area contributed by atoms with E-state index in [2.05, 4.69) is 22.8 Å². The topological polar surface area (TPSA) is 38.0 Å². The number of nitrogen functional groups attached to an aromatic ring is 1. The molecule has 1 atom stereocenters. The van der Waals surface area contributed by atoms with Gasteiger partial charge in [-0.2, -0.15) is 0 Å². The molecule has 3 N–H and O–H groups in total. The van der Waals surface area contributed by atoms with Gasteiger partial charge in [-0.25, -0.2) is 0 Å². The van der Waals surface area contributed by atoms with Crippen molar-refractivity contribution in [1.29, 1.82) is 0 Å². The second kappa shape index (κ2) is 4.41. The molecule has 0 bridgehead atoms. The second-order valence-electron chi connectivity index (χ2n) is 4.48. The van der Waals surface area contributed by atoms with E-state index in [1.807, 2.05) is 29.5 Å². The molecule has 0 aliphatic heterocycles. The van der Waals surface area contributed by atoms with Crippen molar-refractivity contribution in [3.05, 3.63) is 46.2 Å². The number of hydrogen-bond acceptors (Lipinski definition) is 3. The van der Waals surface area contributed by atoms with Gasteiger partial charge in [-0.15, -0.1) is 11.3 Å². The van der Waals surface area contributed by atoms with Gasteiger partial charge in [0.25, 0.3) is 0 Å². The van der Waals surface area contributed by atoms with E-state index in [0.717, 1.165) is 11.4 Å². The fourth-order valence-electron chi connectivity index (χ4n) is 2.45. The predicted octanol–water partition coefficient (Wildman–Crippen LogP) is 3.82. The average Bonchev–Trinajstić information content (AvgIpc) is 2.81. The summed E-state index contributed by atoms with van der Waals surface area (Å²) in [7, 11) is 0. The number of nitrogens with one attached hydrogen (secondary N) is 1. The van der Waals surface area contributed by atoms with Crippen LogP contribution in [0.2, 0.25) is 0 Å². The second-order valence-corrected chi connectivity index (χ2v) is 5.48. The summed E-state index contributed by atoms with van der Waals surface area (Å²) < 4.78 is 0. The predicted molar refractivity (Wildman–Crippen MR) is 74.5 cm³/mol. The summed E-state index contributed by atoms with van der Waals surface area (Å²) in [5.74, 6) is 0. The van der Waals surface area contributed by atoms with E-state index in [4.69, 9.17) is 5.73 Å². The molecule has 1 aliphatic rings. The molecule has 2 nitrogen and oxygen atoms in total. The first kappa shape index (κ1) is 10.7. The van der Waals surface area contributed by atoms with Crippen LogP contribution >= 0.6 is 11.3 Å². The molecular formula is C14H16N2S. The zero-order valence-corrected chi connectivity index (χ0v) is 10.5. The minimum atomic E-state index is 0.426. The van der Waals surface area contributed by atoms with Crippen LogP contribution in [0.4, 0.5) is 11.4 Å². The molecule has 1 unspecified atom stereocenters. The minimum Gasteiger partial charge on any atom is -0.397 e. The summed E-state index contributed by atoms with van der Waals surface area (Å²) in [6, 6.07) is 10.7. The quantitative estimate of drug-likeness (QED) is 0.788. The Morgan fingerprint density at radius 1 is 1.24 bits per heavy atom. The molecule has 1 heterocycles. The molecular weight excluding hydrogens is 228 g/mol. The highest BCUT2D eigenvalue weighted by molar-refractivity contribution is 7.10. The van der Waals surface area contributed by atoms with Gasteiger partial charge >= 0.3 is 0 Å². The Hall–Kier alpha value is -1.48. The third-order valence-corrected chi connectivity index (χ3v) is 4.34. The molecule has 1 aliphatic carbocycles. The molecule has 88 valence electrons. The van der Waals surface area contributed by atoms with Crippen molar-refractivity contribution in [3.63, 3.8) is 0 Å². The molecule has 2 aromatic rings. The van der Waals surface area contributed by atoms with Crippen molar-refractivity contribution in [2.24, 2.45) is 0 Å². The van der Waals surface area contributed by atoms with Gasteiger partial charge in [0.15, 0.2) is 0 Å². The first-order valence-electron chi connectivity index (χ1n) is 6.02. The van der Waals surface area contributed by atoms with E-state index in [1.165, 1.54) is 29.7 Å². The molecule has 0 fully saturated rings. The van der Waals surface area contributed by atoms with E-state index in [-0.39, 0.29) is 0 Å². The minimum absolute atomic E-state index is 0.426. The van der Waals surface area contributed by atoms with Crippen molar-refractivity contribution < 1.29 is 0 Å². The van der Waals surface area contributed by atoms with Crippen molar-refractivity contribution in [1.82, 2.24) is 0 Å². The number of benzene rings is 1. The smallest absolute Gasteiger partial charge is 0.0578 e. The summed E-state index contributed by atoms with van der Waals surface area (Å²) in [6.07, 6.45) is 3.69. The third kappa shape index (κ3) is 2.03. The Morgan fingerprint density at radius 3 is 3.00 bits per heavy atom. The van der Waals surface area contributed by atoms with Crippen LogP contribution in [0.25, 0.3) is 0 Å². The SMILES string of the molecule is Nc1ccccc1NC1CCCc2sccc21. The van der Waals surface area contributed by atoms with Crippen LogP contribution in [0, 0.1) is 0 Å². The van der Waals surface area contributed by atoms with Gasteiger partial charge in [0.2, 0.25) is 0 Å². The van der Waals surface area contributed by atoms with Crippen LogP contribution in [0.15, 0.2) is 35.7 Å². The highest BCUT2D eigenvalue weighted by Gasteiger charge is 2.21. The Kier molecular flexibility index (Phi) is 2.77. The maximum Gasteiger partial charge on any atom is 0.0578 e. The Labute approximate surface area is 105 Å². The number of rotatable bonds is 2. The molecule has 3 heteroatoms. The van der Waals surface area contributed by atoms with Gasteiger partial charge in [-0.3, -0.25) is 0 Å². The van der Waals surface area contributed by atoms with Crippen molar-refractivity contribution in [2.75, 3.05) is 11.1 Å². The maximum absolute atomic E-state index is 5.97. The van der Waals surface area contributed by atoms with Crippen LogP contribution in [-0.2, 0) is 6.42 Å². The van der Waals surface area contributed by atoms with Crippen molar-refractivity contribution >= 4 is 22.7 Å². The summed E-state index contributed by atoms with van der Waals surface area (Å²) in [5.41, 5.74) is 9.32. The number of aryl methyl sites for hydroxylation is 1. The zero-order chi connectivity index (χ0) is 11.7. The Bertz CT molecular complexity index is 518. The molecule has 0 spiro atoms. The molecule has 0 amide bonds. The first-order valence-corrected chi connectivity index (χ1v) is 6.90. The van der Waals surface area contributed by atoms with Crippen LogP contribution < -0.4 is 11.1 Å². The number of hydrogen-bond donors (Lipinski definition) is 2. The van der Waals surface area contributed by atoms with Gasteiger partial charge in [-0.1, -0.05) is 12.1 Å². The molecule has 0 saturated carbocycles. The van der Waals surface area contributed by atoms with E-state index < -0.39 is 0 Å². The summed E-state index contributed by atoms with van der Waals surface area (Å²) in [5, 5.41) is 5.77. The lowest BCUT2D eigenvalue weighted by Crippen LogP contribution is -2.16. The normalized spacial score (nSPS) is 18.7. The number of fused-ring (bicyclic) bond motifs is 1. The van der Waals surface area contributed by atoms with Crippen LogP contribution in [0.5, 0.6) is 0 Å². The van der Waals surface area contributed by atoms with Crippen LogP contribution in [-0.4, -0.2) is 0 Å². The maximum atomic E-state index is 5.97. The molecule has 0 radical (unpaired) electrons. The third-order valence-electron chi connectivity index (χ3n) is 3.34. The number of nitrogens with two attached hydrogens (primary N) is 1. The summed E-state index contributed by atoms with van der Waals surface area (Å²) in [6.45, 7) is 0. The van der Waals surface area contributed by atoms with Crippen molar-refractivity contribution in [2.45, 2.75) is 25.3 Å². The largest absolute Gasteiger partial charge is 0.397 e. The van der Waals surface area contributed by atoms with E-state index in [9.17, 15) is 0 Å². The highest BCUT2D eigenvalue weighted by Crippen LogP contribution is 2.36. The van der Waals surface area contributed by atoms with E-state index in [0.29, 0.717) is 6.04 Å². The van der Waals surface area contributed by atoms with Crippen LogP contribution in [0.1, 0.15) is 29.3 Å². The van der Waals surface area contributed by atoms with E-state index in [1.54, 1.807) is 0 Å². The molecule has 17 heavy (non-hydrogen) atoms. The lowest BCUT2D eigenvalue weighted by molar-refractivity contribution is 0.609.